The van der Waals surface area contributed by atoms with E-state index in [1.165, 1.54) is 48.4 Å². The van der Waals surface area contributed by atoms with E-state index in [0.29, 0.717) is 16.3 Å². The number of hydrogen-bond donors (Lipinski definition) is 1. The molecule has 258 valence electrons. The fourth-order valence-corrected chi connectivity index (χ4v) is 7.83. The van der Waals surface area contributed by atoms with Gasteiger partial charge in [0.2, 0.25) is 11.8 Å². The van der Waals surface area contributed by atoms with E-state index in [2.05, 4.69) is 5.32 Å². The Labute approximate surface area is 296 Å². The SMILES string of the molecule is COc1ccc(S(=O)(=O)N(CC(=O)N(Cc2ccc(Cl)cc2Cl)C(Cc2ccccc2)C(=O)NC2CCCCC2)c2ccc(F)cc2)cc1. The Kier molecular flexibility index (Phi) is 12.2. The summed E-state index contributed by atoms with van der Waals surface area (Å²) in [7, 11) is -2.91. The summed E-state index contributed by atoms with van der Waals surface area (Å²) >= 11 is 12.8. The van der Waals surface area contributed by atoms with Crippen molar-refractivity contribution in [1.82, 2.24) is 10.2 Å². The van der Waals surface area contributed by atoms with Gasteiger partial charge >= 0.3 is 0 Å². The summed E-state index contributed by atoms with van der Waals surface area (Å²) in [5.41, 5.74) is 1.41. The van der Waals surface area contributed by atoms with Crippen LogP contribution in [0.25, 0.3) is 0 Å². The minimum Gasteiger partial charge on any atom is -0.497 e. The van der Waals surface area contributed by atoms with Crippen LogP contribution in [0.4, 0.5) is 10.1 Å². The van der Waals surface area contributed by atoms with Crippen LogP contribution < -0.4 is 14.4 Å². The number of anilines is 1. The smallest absolute Gasteiger partial charge is 0.264 e. The zero-order valence-corrected chi connectivity index (χ0v) is 29.4. The maximum absolute atomic E-state index is 14.7. The number of benzene rings is 4. The molecule has 1 N–H and O–H groups in total. The molecule has 8 nitrogen and oxygen atoms in total. The first-order valence-corrected chi connectivity index (χ1v) is 18.2. The molecule has 1 saturated carbocycles. The second-order valence-electron chi connectivity index (χ2n) is 12.0. The van der Waals surface area contributed by atoms with Crippen LogP contribution in [0, 0.1) is 5.82 Å². The van der Waals surface area contributed by atoms with Crippen molar-refractivity contribution in [1.29, 1.82) is 0 Å². The van der Waals surface area contributed by atoms with Crippen LogP contribution in [0.2, 0.25) is 10.0 Å². The molecule has 49 heavy (non-hydrogen) atoms. The summed E-state index contributed by atoms with van der Waals surface area (Å²) in [6.45, 7) is -0.794. The molecule has 5 rings (SSSR count). The minimum atomic E-state index is -4.37. The lowest BCUT2D eigenvalue weighted by Gasteiger charge is -2.35. The molecular weight excluding hydrogens is 688 g/mol. The van der Waals surface area contributed by atoms with Crippen molar-refractivity contribution in [3.63, 3.8) is 0 Å². The fraction of sp³-hybridized carbons (Fsp3) is 0.297. The highest BCUT2D eigenvalue weighted by Gasteiger charge is 2.35. The average molecular weight is 727 g/mol. The minimum absolute atomic E-state index is 0.0400. The lowest BCUT2D eigenvalue weighted by Crippen LogP contribution is -2.55. The number of methoxy groups -OCH3 is 1. The molecule has 0 saturated heterocycles. The van der Waals surface area contributed by atoms with Crippen molar-refractivity contribution in [2.75, 3.05) is 18.0 Å². The normalized spacial score (nSPS) is 14.1. The molecule has 0 aliphatic heterocycles. The number of nitrogens with zero attached hydrogens (tertiary/aromatic N) is 2. The molecule has 1 aliphatic rings. The first-order valence-electron chi connectivity index (χ1n) is 16.0. The third-order valence-electron chi connectivity index (χ3n) is 8.62. The predicted molar refractivity (Wildman–Crippen MR) is 190 cm³/mol. The van der Waals surface area contributed by atoms with Crippen molar-refractivity contribution in [3.05, 3.63) is 124 Å². The molecule has 2 amide bonds. The molecule has 0 bridgehead atoms. The molecule has 1 fully saturated rings. The summed E-state index contributed by atoms with van der Waals surface area (Å²) < 4.78 is 48.5. The highest BCUT2D eigenvalue weighted by atomic mass is 35.5. The highest BCUT2D eigenvalue weighted by molar-refractivity contribution is 7.92. The van der Waals surface area contributed by atoms with Gasteiger partial charge in [0.05, 0.1) is 17.7 Å². The monoisotopic (exact) mass is 725 g/mol. The van der Waals surface area contributed by atoms with Crippen molar-refractivity contribution >= 4 is 50.7 Å². The maximum Gasteiger partial charge on any atom is 0.264 e. The first-order chi connectivity index (χ1) is 23.5. The van der Waals surface area contributed by atoms with Crippen LogP contribution in [0.5, 0.6) is 5.75 Å². The summed E-state index contributed by atoms with van der Waals surface area (Å²) in [6.07, 6.45) is 4.91. The van der Waals surface area contributed by atoms with E-state index in [-0.39, 0.29) is 40.5 Å². The van der Waals surface area contributed by atoms with Crippen LogP contribution in [0.15, 0.2) is 102 Å². The van der Waals surface area contributed by atoms with Gasteiger partial charge in [0.15, 0.2) is 0 Å². The van der Waals surface area contributed by atoms with Gasteiger partial charge < -0.3 is 15.0 Å². The molecule has 0 heterocycles. The van der Waals surface area contributed by atoms with E-state index < -0.39 is 34.3 Å². The number of hydrogen-bond acceptors (Lipinski definition) is 5. The standard InChI is InChI=1S/C37H38Cl2FN3O5S/c1-48-32-18-20-33(21-19-32)49(46,47)43(31-16-14-29(40)15-17-31)25-36(44)42(24-27-12-13-28(38)23-34(27)39)35(22-26-8-4-2-5-9-26)37(45)41-30-10-6-3-7-11-30/h2,4-5,8-9,12-21,23,30,35H,3,6-7,10-11,22,24-25H2,1H3,(H,41,45). The van der Waals surface area contributed by atoms with Gasteiger partial charge in [0, 0.05) is 29.1 Å². The van der Waals surface area contributed by atoms with Crippen LogP contribution >= 0.6 is 23.2 Å². The van der Waals surface area contributed by atoms with E-state index in [1.807, 2.05) is 30.3 Å². The number of nitrogens with one attached hydrogen (secondary N) is 1. The average Bonchev–Trinajstić information content (AvgIpc) is 3.10. The zero-order valence-electron chi connectivity index (χ0n) is 27.0. The summed E-state index contributed by atoms with van der Waals surface area (Å²) in [5.74, 6) is -1.13. The Bertz CT molecular complexity index is 1840. The molecule has 1 atom stereocenters. The molecule has 1 unspecified atom stereocenters. The van der Waals surface area contributed by atoms with Crippen LogP contribution in [0.1, 0.15) is 43.2 Å². The van der Waals surface area contributed by atoms with Gasteiger partial charge in [-0.15, -0.1) is 0 Å². The molecule has 1 aliphatic carbocycles. The van der Waals surface area contributed by atoms with Gasteiger partial charge in [-0.2, -0.15) is 0 Å². The molecule has 0 radical (unpaired) electrons. The molecule has 4 aromatic rings. The van der Waals surface area contributed by atoms with E-state index in [1.54, 1.807) is 18.2 Å². The Morgan fingerprint density at radius 2 is 1.59 bits per heavy atom. The van der Waals surface area contributed by atoms with E-state index in [9.17, 15) is 22.4 Å². The first kappa shape index (κ1) is 36.2. The number of sulfonamides is 1. The Balaban J connectivity index is 1.57. The molecule has 0 spiro atoms. The van der Waals surface area contributed by atoms with Gasteiger partial charge in [0.25, 0.3) is 10.0 Å². The predicted octanol–water partition coefficient (Wildman–Crippen LogP) is 7.43. The van der Waals surface area contributed by atoms with Gasteiger partial charge in [-0.3, -0.25) is 13.9 Å². The molecule has 0 aromatic heterocycles. The Morgan fingerprint density at radius 3 is 2.22 bits per heavy atom. The second kappa shape index (κ2) is 16.5. The third kappa shape index (κ3) is 9.32. The van der Waals surface area contributed by atoms with Crippen LogP contribution in [0.3, 0.4) is 0 Å². The summed E-state index contributed by atoms with van der Waals surface area (Å²) in [5, 5.41) is 3.86. The van der Waals surface area contributed by atoms with E-state index >= 15 is 0 Å². The quantitative estimate of drug-likeness (QED) is 0.155. The van der Waals surface area contributed by atoms with E-state index in [0.717, 1.165) is 54.1 Å². The van der Waals surface area contributed by atoms with Gasteiger partial charge in [-0.05, 0) is 84.6 Å². The summed E-state index contributed by atoms with van der Waals surface area (Å²) in [6, 6.07) is 23.7. The zero-order chi connectivity index (χ0) is 35.0. The topological polar surface area (TPSA) is 96.0 Å². The maximum atomic E-state index is 14.7. The lowest BCUT2D eigenvalue weighted by molar-refractivity contribution is -0.140. The highest BCUT2D eigenvalue weighted by Crippen LogP contribution is 2.28. The van der Waals surface area contributed by atoms with Crippen molar-refractivity contribution < 1.29 is 27.1 Å². The number of carbonyl (C=O) groups excluding carboxylic acids is 2. The second-order valence-corrected chi connectivity index (χ2v) is 14.7. The van der Waals surface area contributed by atoms with Crippen LogP contribution in [-0.2, 0) is 32.6 Å². The largest absolute Gasteiger partial charge is 0.497 e. The van der Waals surface area contributed by atoms with Crippen molar-refractivity contribution in [3.8, 4) is 5.75 Å². The molecule has 4 aromatic carbocycles. The number of amides is 2. The Morgan fingerprint density at radius 1 is 0.918 bits per heavy atom. The van der Waals surface area contributed by atoms with E-state index in [4.69, 9.17) is 27.9 Å². The summed E-state index contributed by atoms with van der Waals surface area (Å²) in [4.78, 5) is 30.2. The molecular formula is C37H38Cl2FN3O5S. The number of ether oxygens (including phenoxy) is 1. The van der Waals surface area contributed by atoms with Gasteiger partial charge in [-0.25, -0.2) is 12.8 Å². The lowest BCUT2D eigenvalue weighted by atomic mass is 9.94. The van der Waals surface area contributed by atoms with Crippen molar-refractivity contribution in [2.24, 2.45) is 0 Å². The van der Waals surface area contributed by atoms with Crippen LogP contribution in [-0.4, -0.2) is 50.9 Å². The number of rotatable bonds is 13. The third-order valence-corrected chi connectivity index (χ3v) is 11.0. The Hall–Kier alpha value is -4.12. The molecule has 12 heteroatoms. The number of halogens is 3. The van der Waals surface area contributed by atoms with Crippen molar-refractivity contribution in [2.45, 2.75) is 62.0 Å². The van der Waals surface area contributed by atoms with Gasteiger partial charge in [0.1, 0.15) is 24.2 Å². The number of carbonyl (C=O) groups is 2. The fourth-order valence-electron chi connectivity index (χ4n) is 5.94. The van der Waals surface area contributed by atoms with Gasteiger partial charge in [-0.1, -0.05) is 78.9 Å².